The van der Waals surface area contributed by atoms with Gasteiger partial charge in [0, 0.05) is 24.0 Å². The molecule has 1 saturated carbocycles. The molecular formula is C18H22N2O. The number of rotatable bonds is 1. The number of carbonyl (C=O) groups excluding carboxylic acids is 1. The van der Waals surface area contributed by atoms with E-state index in [1.807, 2.05) is 24.3 Å². The minimum atomic E-state index is 0.176. The van der Waals surface area contributed by atoms with Gasteiger partial charge in [0.25, 0.3) is 5.91 Å². The topological polar surface area (TPSA) is 36.1 Å². The molecular weight excluding hydrogens is 260 g/mol. The first-order chi connectivity index (χ1) is 10.3. The first kappa shape index (κ1) is 12.9. The van der Waals surface area contributed by atoms with E-state index in [0.717, 1.165) is 41.5 Å². The van der Waals surface area contributed by atoms with Crippen LogP contribution in [-0.2, 0) is 0 Å². The summed E-state index contributed by atoms with van der Waals surface area (Å²) in [7, 11) is 0. The highest BCUT2D eigenvalue weighted by atomic mass is 16.2. The second-order valence-corrected chi connectivity index (χ2v) is 6.61. The SMILES string of the molecule is O=C(c1cc2ccccc2[nH]1)N1CC[C@H]2CCCC[C@H]2C1. The van der Waals surface area contributed by atoms with Gasteiger partial charge in [-0.1, -0.05) is 37.5 Å². The Balaban J connectivity index is 1.54. The standard InChI is InChI=1S/C18H22N2O/c21-18(17-11-14-6-3-4-8-16(14)19-17)20-10-9-13-5-1-2-7-15(13)12-20/h3-4,6,8,11,13,15,19H,1-2,5,7,9-10,12H2/t13-,15+/m1/s1. The predicted molar refractivity (Wildman–Crippen MR) is 84.3 cm³/mol. The van der Waals surface area contributed by atoms with Crippen LogP contribution in [0.25, 0.3) is 10.9 Å². The van der Waals surface area contributed by atoms with Crippen LogP contribution in [0.5, 0.6) is 0 Å². The van der Waals surface area contributed by atoms with E-state index in [4.69, 9.17) is 0 Å². The molecule has 1 aliphatic carbocycles. The monoisotopic (exact) mass is 282 g/mol. The van der Waals surface area contributed by atoms with Crippen molar-refractivity contribution in [2.45, 2.75) is 32.1 Å². The molecule has 1 aromatic carbocycles. The average Bonchev–Trinajstić information content (AvgIpc) is 2.97. The average molecular weight is 282 g/mol. The van der Waals surface area contributed by atoms with Crippen molar-refractivity contribution in [3.8, 4) is 0 Å². The normalized spacial score (nSPS) is 25.8. The number of piperidine rings is 1. The first-order valence-corrected chi connectivity index (χ1v) is 8.18. The third-order valence-electron chi connectivity index (χ3n) is 5.34. The number of para-hydroxylation sites is 1. The predicted octanol–water partition coefficient (Wildman–Crippen LogP) is 3.82. The molecule has 4 rings (SSSR count). The van der Waals surface area contributed by atoms with E-state index in [-0.39, 0.29) is 5.91 Å². The van der Waals surface area contributed by atoms with Crippen molar-refractivity contribution in [3.63, 3.8) is 0 Å². The van der Waals surface area contributed by atoms with Gasteiger partial charge in [-0.05, 0) is 36.8 Å². The second-order valence-electron chi connectivity index (χ2n) is 6.61. The van der Waals surface area contributed by atoms with Crippen LogP contribution in [-0.4, -0.2) is 28.9 Å². The number of nitrogens with one attached hydrogen (secondary N) is 1. The van der Waals surface area contributed by atoms with E-state index >= 15 is 0 Å². The number of H-pyrrole nitrogens is 1. The van der Waals surface area contributed by atoms with Crippen molar-refractivity contribution in [1.29, 1.82) is 0 Å². The highest BCUT2D eigenvalue weighted by Gasteiger charge is 2.33. The Labute approximate surface area is 125 Å². The van der Waals surface area contributed by atoms with Crippen LogP contribution in [0.2, 0.25) is 0 Å². The number of aromatic nitrogens is 1. The fraction of sp³-hybridized carbons (Fsp3) is 0.500. The highest BCUT2D eigenvalue weighted by molar-refractivity contribution is 5.98. The summed E-state index contributed by atoms with van der Waals surface area (Å²) < 4.78 is 0. The molecule has 1 N–H and O–H groups in total. The zero-order valence-electron chi connectivity index (χ0n) is 12.3. The minimum Gasteiger partial charge on any atom is -0.351 e. The molecule has 1 amide bonds. The lowest BCUT2D eigenvalue weighted by Gasteiger charge is -2.41. The molecule has 110 valence electrons. The fourth-order valence-electron chi connectivity index (χ4n) is 4.14. The molecule has 1 saturated heterocycles. The van der Waals surface area contributed by atoms with Crippen molar-refractivity contribution >= 4 is 16.8 Å². The smallest absolute Gasteiger partial charge is 0.270 e. The van der Waals surface area contributed by atoms with Crippen LogP contribution >= 0.6 is 0 Å². The lowest BCUT2D eigenvalue weighted by atomic mass is 9.75. The van der Waals surface area contributed by atoms with Gasteiger partial charge in [0.05, 0.1) is 0 Å². The van der Waals surface area contributed by atoms with Gasteiger partial charge in [-0.25, -0.2) is 0 Å². The summed E-state index contributed by atoms with van der Waals surface area (Å²) in [5.74, 6) is 1.78. The van der Waals surface area contributed by atoms with Crippen molar-refractivity contribution in [2.24, 2.45) is 11.8 Å². The van der Waals surface area contributed by atoms with Crippen LogP contribution in [0, 0.1) is 11.8 Å². The molecule has 1 aromatic heterocycles. The quantitative estimate of drug-likeness (QED) is 0.848. The molecule has 2 heterocycles. The second kappa shape index (κ2) is 5.21. The third kappa shape index (κ3) is 2.35. The number of amides is 1. The van der Waals surface area contributed by atoms with Gasteiger partial charge in [-0.2, -0.15) is 0 Å². The van der Waals surface area contributed by atoms with Crippen molar-refractivity contribution < 1.29 is 4.79 Å². The minimum absolute atomic E-state index is 0.176. The first-order valence-electron chi connectivity index (χ1n) is 8.18. The van der Waals surface area contributed by atoms with Gasteiger partial charge >= 0.3 is 0 Å². The number of carbonyl (C=O) groups is 1. The van der Waals surface area contributed by atoms with E-state index in [2.05, 4.69) is 16.0 Å². The van der Waals surface area contributed by atoms with Gasteiger partial charge in [0.15, 0.2) is 0 Å². The summed E-state index contributed by atoms with van der Waals surface area (Å²) in [6.45, 7) is 1.88. The molecule has 3 nitrogen and oxygen atoms in total. The van der Waals surface area contributed by atoms with E-state index in [9.17, 15) is 4.79 Å². The largest absolute Gasteiger partial charge is 0.351 e. The van der Waals surface area contributed by atoms with Crippen LogP contribution in [0.3, 0.4) is 0 Å². The summed E-state index contributed by atoms with van der Waals surface area (Å²) in [4.78, 5) is 18.1. The maximum absolute atomic E-state index is 12.7. The number of hydrogen-bond donors (Lipinski definition) is 1. The molecule has 0 bridgehead atoms. The van der Waals surface area contributed by atoms with E-state index in [1.54, 1.807) is 0 Å². The summed E-state index contributed by atoms with van der Waals surface area (Å²) in [5.41, 5.74) is 1.79. The van der Waals surface area contributed by atoms with Crippen molar-refractivity contribution in [3.05, 3.63) is 36.0 Å². The Hall–Kier alpha value is -1.77. The van der Waals surface area contributed by atoms with Gasteiger partial charge in [0.2, 0.25) is 0 Å². The van der Waals surface area contributed by atoms with E-state index in [0.29, 0.717) is 0 Å². The third-order valence-corrected chi connectivity index (χ3v) is 5.34. The van der Waals surface area contributed by atoms with Crippen molar-refractivity contribution in [2.75, 3.05) is 13.1 Å². The maximum atomic E-state index is 12.7. The lowest BCUT2D eigenvalue weighted by Crippen LogP contribution is -2.44. The van der Waals surface area contributed by atoms with E-state index < -0.39 is 0 Å². The van der Waals surface area contributed by atoms with Gasteiger partial charge in [0.1, 0.15) is 5.69 Å². The van der Waals surface area contributed by atoms with Gasteiger partial charge in [-0.3, -0.25) is 4.79 Å². The highest BCUT2D eigenvalue weighted by Crippen LogP contribution is 2.36. The molecule has 3 heteroatoms. The Morgan fingerprint density at radius 1 is 1.10 bits per heavy atom. The molecule has 0 unspecified atom stereocenters. The van der Waals surface area contributed by atoms with Crippen LogP contribution in [0.4, 0.5) is 0 Å². The summed E-state index contributed by atoms with van der Waals surface area (Å²) in [5, 5.41) is 1.12. The summed E-state index contributed by atoms with van der Waals surface area (Å²) in [6, 6.07) is 10.1. The molecule has 21 heavy (non-hydrogen) atoms. The maximum Gasteiger partial charge on any atom is 0.270 e. The summed E-state index contributed by atoms with van der Waals surface area (Å²) in [6.07, 6.45) is 6.60. The molecule has 1 aliphatic heterocycles. The number of likely N-dealkylation sites (tertiary alicyclic amines) is 1. The zero-order chi connectivity index (χ0) is 14.2. The Kier molecular flexibility index (Phi) is 3.21. The summed E-state index contributed by atoms with van der Waals surface area (Å²) >= 11 is 0. The molecule has 2 aromatic rings. The number of hydrogen-bond acceptors (Lipinski definition) is 1. The van der Waals surface area contributed by atoms with Gasteiger partial charge < -0.3 is 9.88 Å². The molecule has 2 atom stereocenters. The van der Waals surface area contributed by atoms with Crippen molar-refractivity contribution in [1.82, 2.24) is 9.88 Å². The Morgan fingerprint density at radius 2 is 1.90 bits per heavy atom. The van der Waals surface area contributed by atoms with Crippen LogP contribution < -0.4 is 0 Å². The number of aromatic amines is 1. The van der Waals surface area contributed by atoms with E-state index in [1.165, 1.54) is 32.1 Å². The van der Waals surface area contributed by atoms with Crippen LogP contribution in [0.15, 0.2) is 30.3 Å². The Bertz CT molecular complexity index is 627. The molecule has 2 aliphatic rings. The fourth-order valence-corrected chi connectivity index (χ4v) is 4.14. The Morgan fingerprint density at radius 3 is 2.76 bits per heavy atom. The number of fused-ring (bicyclic) bond motifs is 2. The molecule has 0 spiro atoms. The molecule has 0 radical (unpaired) electrons. The zero-order valence-corrected chi connectivity index (χ0v) is 12.3. The van der Waals surface area contributed by atoms with Gasteiger partial charge in [-0.15, -0.1) is 0 Å². The van der Waals surface area contributed by atoms with Crippen LogP contribution in [0.1, 0.15) is 42.6 Å². The molecule has 2 fully saturated rings. The lowest BCUT2D eigenvalue weighted by molar-refractivity contribution is 0.0516. The number of benzene rings is 1. The number of nitrogens with zero attached hydrogens (tertiary/aromatic N) is 1.